The van der Waals surface area contributed by atoms with Gasteiger partial charge in [0.1, 0.15) is 13.2 Å². The predicted molar refractivity (Wildman–Crippen MR) is 102 cm³/mol. The van der Waals surface area contributed by atoms with Crippen LogP contribution in [0.2, 0.25) is 0 Å². The van der Waals surface area contributed by atoms with E-state index in [4.69, 9.17) is 9.47 Å². The number of carbonyl (C=O) groups excluding carboxylic acids is 3. The summed E-state index contributed by atoms with van der Waals surface area (Å²) in [6.45, 7) is 1.95. The van der Waals surface area contributed by atoms with Gasteiger partial charge in [-0.3, -0.25) is 9.59 Å². The zero-order valence-electron chi connectivity index (χ0n) is 16.4. The Balaban J connectivity index is 0.00000300. The van der Waals surface area contributed by atoms with Gasteiger partial charge in [-0.1, -0.05) is 42.1 Å². The number of benzene rings is 2. The van der Waals surface area contributed by atoms with E-state index >= 15 is 0 Å². The molecule has 0 aliphatic carbocycles. The second kappa shape index (κ2) is 10.2. The molecule has 0 aromatic heterocycles. The number of esters is 2. The number of hydrogen-bond acceptors (Lipinski definition) is 8. The maximum atomic E-state index is 11.4. The molecule has 0 saturated carbocycles. The van der Waals surface area contributed by atoms with Gasteiger partial charge in [-0.15, -0.1) is 0 Å². The van der Waals surface area contributed by atoms with Crippen LogP contribution < -0.4 is 39.6 Å². The second-order valence-corrected chi connectivity index (χ2v) is 7.19. The first kappa shape index (κ1) is 23.3. The number of aliphatic carboxylic acids is 1. The summed E-state index contributed by atoms with van der Waals surface area (Å²) < 4.78 is 10.2. The fourth-order valence-electron chi connectivity index (χ4n) is 2.94. The summed E-state index contributed by atoms with van der Waals surface area (Å²) in [5, 5.41) is 13.9. The zero-order chi connectivity index (χ0) is 20.3. The number of anilines is 1. The third-order valence-corrected chi connectivity index (χ3v) is 5.33. The molecule has 1 aliphatic rings. The minimum Gasteiger partial charge on any atom is -0.548 e. The first-order valence-electron chi connectivity index (χ1n) is 8.52. The van der Waals surface area contributed by atoms with E-state index in [9.17, 15) is 19.5 Å². The van der Waals surface area contributed by atoms with E-state index in [1.54, 1.807) is 4.90 Å². The average Bonchev–Trinajstić information content (AvgIpc) is 2.99. The number of carboxylic acids is 1. The fraction of sp³-hybridized carbons (Fsp3) is 0.250. The first-order valence-corrected chi connectivity index (χ1v) is 9.34. The molecule has 146 valence electrons. The molecule has 2 aromatic carbocycles. The van der Waals surface area contributed by atoms with Crippen LogP contribution in [0.25, 0.3) is 10.8 Å². The summed E-state index contributed by atoms with van der Waals surface area (Å²) >= 11 is 1.34. The Hall–Kier alpha value is -2.00. The Morgan fingerprint density at radius 1 is 1.00 bits per heavy atom. The molecule has 9 heteroatoms. The number of fused-ring (bicyclic) bond motifs is 3. The van der Waals surface area contributed by atoms with Gasteiger partial charge in [0.05, 0.1) is 23.2 Å². The van der Waals surface area contributed by atoms with E-state index in [-0.39, 0.29) is 49.3 Å². The maximum Gasteiger partial charge on any atom is 1.00 e. The molecule has 0 radical (unpaired) electrons. The molecule has 2 aromatic rings. The number of hydrogen-bond donors (Lipinski definition) is 0. The van der Waals surface area contributed by atoms with Crippen molar-refractivity contribution in [2.45, 2.75) is 18.7 Å². The van der Waals surface area contributed by atoms with Crippen molar-refractivity contribution in [2.24, 2.45) is 0 Å². The molecule has 1 aliphatic heterocycles. The Morgan fingerprint density at radius 2 is 1.62 bits per heavy atom. The Bertz CT molecular complexity index is 970. The van der Waals surface area contributed by atoms with Gasteiger partial charge in [-0.2, -0.15) is 0 Å². The van der Waals surface area contributed by atoms with Crippen molar-refractivity contribution in [3.05, 3.63) is 47.0 Å². The Kier molecular flexibility index (Phi) is 8.15. The summed E-state index contributed by atoms with van der Waals surface area (Å²) in [4.78, 5) is 36.5. The van der Waals surface area contributed by atoms with Crippen molar-refractivity contribution >= 4 is 46.1 Å². The van der Waals surface area contributed by atoms with Gasteiger partial charge in [-0.25, -0.2) is 0 Å². The predicted octanol–water partition coefficient (Wildman–Crippen LogP) is -1.16. The third-order valence-electron chi connectivity index (χ3n) is 4.07. The molecule has 0 spiro atoms. The van der Waals surface area contributed by atoms with Crippen LogP contribution in [0.4, 0.5) is 5.69 Å². The molecule has 0 atom stereocenters. The minimum atomic E-state index is -1.25. The van der Waals surface area contributed by atoms with Crippen LogP contribution in [-0.2, 0) is 23.9 Å². The van der Waals surface area contributed by atoms with E-state index in [1.807, 2.05) is 36.4 Å². The van der Waals surface area contributed by atoms with Crippen LogP contribution in [0.1, 0.15) is 13.8 Å². The number of rotatable bonds is 6. The minimum absolute atomic E-state index is 0. The zero-order valence-corrected chi connectivity index (χ0v) is 19.2. The van der Waals surface area contributed by atoms with Crippen LogP contribution in [-0.4, -0.2) is 37.7 Å². The topological polar surface area (TPSA) is 96.0 Å². The molecule has 0 amide bonds. The standard InChI is InChI=1S/C20H19NO6S.Na/c1-12(22)26-10-15(11-27-13(2)23)20-21(9-18(24)25)19-16-6-4-3-5-14(16)7-8-17(19)28-20;/h3-8H,9-11H2,1-2H3,(H,24,25);/q;+1/p-1. The van der Waals surface area contributed by atoms with Crippen LogP contribution >= 0.6 is 11.8 Å². The van der Waals surface area contributed by atoms with Crippen molar-refractivity contribution in [1.29, 1.82) is 0 Å². The monoisotopic (exact) mass is 423 g/mol. The van der Waals surface area contributed by atoms with Crippen molar-refractivity contribution in [3.63, 3.8) is 0 Å². The van der Waals surface area contributed by atoms with Gasteiger partial charge >= 0.3 is 41.5 Å². The van der Waals surface area contributed by atoms with Crippen LogP contribution in [0, 0.1) is 0 Å². The molecular weight excluding hydrogens is 405 g/mol. The van der Waals surface area contributed by atoms with E-state index in [0.29, 0.717) is 10.6 Å². The first-order chi connectivity index (χ1) is 13.4. The number of thioether (sulfide) groups is 1. The molecule has 3 rings (SSSR count). The molecule has 0 N–H and O–H groups in total. The summed E-state index contributed by atoms with van der Waals surface area (Å²) in [5.41, 5.74) is 1.24. The third kappa shape index (κ3) is 5.54. The molecule has 0 bridgehead atoms. The molecular formula is C20H18NNaO6S. The molecule has 0 unspecified atom stereocenters. The number of nitrogens with zero attached hydrogens (tertiary/aromatic N) is 1. The van der Waals surface area contributed by atoms with Crippen molar-refractivity contribution < 1.29 is 58.5 Å². The van der Waals surface area contributed by atoms with Crippen molar-refractivity contribution in [1.82, 2.24) is 0 Å². The van der Waals surface area contributed by atoms with Gasteiger partial charge in [0.2, 0.25) is 0 Å². The second-order valence-electron chi connectivity index (χ2n) is 6.16. The van der Waals surface area contributed by atoms with E-state index in [0.717, 1.165) is 21.4 Å². The summed E-state index contributed by atoms with van der Waals surface area (Å²) in [6, 6.07) is 11.5. The quantitative estimate of drug-likeness (QED) is 0.424. The number of carboxylic acid groups (broad SMARTS) is 1. The van der Waals surface area contributed by atoms with Gasteiger partial charge in [0.25, 0.3) is 0 Å². The van der Waals surface area contributed by atoms with Crippen molar-refractivity contribution in [2.75, 3.05) is 24.7 Å². The van der Waals surface area contributed by atoms with Gasteiger partial charge in [0.15, 0.2) is 0 Å². The fourth-order valence-corrected chi connectivity index (χ4v) is 4.13. The molecule has 29 heavy (non-hydrogen) atoms. The summed E-state index contributed by atoms with van der Waals surface area (Å²) in [7, 11) is 0. The maximum absolute atomic E-state index is 11.4. The summed E-state index contributed by atoms with van der Waals surface area (Å²) in [6.07, 6.45) is 0. The van der Waals surface area contributed by atoms with Crippen LogP contribution in [0.5, 0.6) is 0 Å². The van der Waals surface area contributed by atoms with Crippen molar-refractivity contribution in [3.8, 4) is 0 Å². The van der Waals surface area contributed by atoms with Gasteiger partial charge in [-0.05, 0) is 11.5 Å². The van der Waals surface area contributed by atoms with E-state index in [2.05, 4.69) is 0 Å². The largest absolute Gasteiger partial charge is 1.00 e. The van der Waals surface area contributed by atoms with E-state index in [1.165, 1.54) is 25.6 Å². The smallest absolute Gasteiger partial charge is 0.548 e. The number of carbonyl (C=O) groups is 3. The van der Waals surface area contributed by atoms with E-state index < -0.39 is 17.9 Å². The number of ether oxygens (including phenoxy) is 2. The molecule has 0 fully saturated rings. The molecule has 1 heterocycles. The molecule has 7 nitrogen and oxygen atoms in total. The summed E-state index contributed by atoms with van der Waals surface area (Å²) in [5.74, 6) is -2.23. The Morgan fingerprint density at radius 3 is 2.21 bits per heavy atom. The normalized spacial score (nSPS) is 12.2. The SMILES string of the molecule is CC(=O)OCC(COC(C)=O)=C1Sc2ccc3ccccc3c2N1CC(=O)[O-].[Na+]. The average molecular weight is 423 g/mol. The van der Waals surface area contributed by atoms with Gasteiger partial charge < -0.3 is 24.3 Å². The molecule has 0 saturated heterocycles. The van der Waals surface area contributed by atoms with Gasteiger partial charge in [0, 0.05) is 29.7 Å². The van der Waals surface area contributed by atoms with Crippen LogP contribution in [0.3, 0.4) is 0 Å². The van der Waals surface area contributed by atoms with Crippen LogP contribution in [0.15, 0.2) is 51.9 Å². The Labute approximate surface area is 194 Å².